The van der Waals surface area contributed by atoms with Crippen molar-refractivity contribution in [2.24, 2.45) is 0 Å². The van der Waals surface area contributed by atoms with Gasteiger partial charge in [-0.1, -0.05) is 180 Å². The number of aromatic nitrogens is 3. The van der Waals surface area contributed by atoms with Crippen LogP contribution in [-0.4, -0.2) is 15.0 Å². The van der Waals surface area contributed by atoms with E-state index in [0.717, 1.165) is 22.5 Å². The van der Waals surface area contributed by atoms with Crippen molar-refractivity contribution in [1.82, 2.24) is 15.0 Å². The van der Waals surface area contributed by atoms with Gasteiger partial charge in [-0.3, -0.25) is 4.98 Å². The molecule has 3 nitrogen and oxygen atoms in total. The number of alkyl halides is 3. The molecular weight excluding hydrogens is 797 g/mol. The second kappa shape index (κ2) is 28.6. The molecular formula is C52H65ClF5N3. The third-order valence-corrected chi connectivity index (χ3v) is 9.19. The molecule has 0 aliphatic rings. The van der Waals surface area contributed by atoms with Gasteiger partial charge in [0.2, 0.25) is 0 Å². The second-order valence-electron chi connectivity index (χ2n) is 15.9. The van der Waals surface area contributed by atoms with Gasteiger partial charge in [0.25, 0.3) is 0 Å². The van der Waals surface area contributed by atoms with Gasteiger partial charge < -0.3 is 0 Å². The first-order chi connectivity index (χ1) is 28.7. The largest absolute Gasteiger partial charge is 0.416 e. The van der Waals surface area contributed by atoms with Gasteiger partial charge in [0, 0.05) is 29.5 Å². The molecule has 0 radical (unpaired) electrons. The Morgan fingerprint density at radius 2 is 0.852 bits per heavy atom. The van der Waals surface area contributed by atoms with Gasteiger partial charge in [0.05, 0.1) is 11.3 Å². The molecule has 0 atom stereocenters. The van der Waals surface area contributed by atoms with Crippen LogP contribution in [0.2, 0.25) is 5.02 Å². The molecule has 0 aliphatic carbocycles. The van der Waals surface area contributed by atoms with Crippen LogP contribution in [0.1, 0.15) is 158 Å². The zero-order valence-corrected chi connectivity index (χ0v) is 38.6. The summed E-state index contributed by atoms with van der Waals surface area (Å²) in [6.45, 7) is 24.2. The van der Waals surface area contributed by atoms with E-state index < -0.39 is 11.7 Å². The van der Waals surface area contributed by atoms with E-state index >= 15 is 0 Å². The van der Waals surface area contributed by atoms with Gasteiger partial charge in [-0.15, -0.1) is 0 Å². The van der Waals surface area contributed by atoms with Crippen molar-refractivity contribution >= 4 is 11.6 Å². The normalized spacial score (nSPS) is 10.7. The van der Waals surface area contributed by atoms with E-state index in [2.05, 4.69) is 86.8 Å². The fourth-order valence-electron chi connectivity index (χ4n) is 5.41. The lowest BCUT2D eigenvalue weighted by Crippen LogP contribution is -2.09. The van der Waals surface area contributed by atoms with E-state index in [1.54, 1.807) is 50.6 Å². The summed E-state index contributed by atoms with van der Waals surface area (Å²) in [6, 6.07) is 35.9. The van der Waals surface area contributed by atoms with E-state index in [4.69, 9.17) is 11.6 Å². The van der Waals surface area contributed by atoms with Crippen LogP contribution < -0.4 is 0 Å². The first kappa shape index (κ1) is 54.1. The molecule has 0 fully saturated rings. The summed E-state index contributed by atoms with van der Waals surface area (Å²) in [5.74, 6) is 2.57. The van der Waals surface area contributed by atoms with Crippen LogP contribution in [0.3, 0.4) is 0 Å². The van der Waals surface area contributed by atoms with Crippen molar-refractivity contribution in [3.63, 3.8) is 0 Å². The lowest BCUT2D eigenvalue weighted by Gasteiger charge is -2.14. The Hall–Kier alpha value is -4.95. The first-order valence-electron chi connectivity index (χ1n) is 20.8. The molecule has 6 rings (SSSR count). The highest BCUT2D eigenvalue weighted by atomic mass is 35.5. The molecule has 0 N–H and O–H groups in total. The average molecular weight is 863 g/mol. The van der Waals surface area contributed by atoms with E-state index in [-0.39, 0.29) is 29.4 Å². The van der Waals surface area contributed by atoms with Crippen LogP contribution in [0.4, 0.5) is 22.0 Å². The van der Waals surface area contributed by atoms with Crippen LogP contribution in [0.25, 0.3) is 0 Å². The minimum absolute atomic E-state index is 0.0992. The molecule has 0 unspecified atom stereocenters. The molecule has 2 heterocycles. The Morgan fingerprint density at radius 3 is 1.20 bits per heavy atom. The number of halogens is 6. The van der Waals surface area contributed by atoms with E-state index in [1.165, 1.54) is 35.4 Å². The third kappa shape index (κ3) is 21.4. The van der Waals surface area contributed by atoms with Crippen molar-refractivity contribution in [3.8, 4) is 0 Å². The summed E-state index contributed by atoms with van der Waals surface area (Å²) < 4.78 is 62.8. The number of rotatable bonds is 6. The molecule has 0 bridgehead atoms. The molecule has 0 spiro atoms. The topological polar surface area (TPSA) is 38.7 Å². The lowest BCUT2D eigenvalue weighted by atomic mass is 9.97. The predicted molar refractivity (Wildman–Crippen MR) is 246 cm³/mol. The highest BCUT2D eigenvalue weighted by Gasteiger charge is 2.33. The molecule has 61 heavy (non-hydrogen) atoms. The van der Waals surface area contributed by atoms with Crippen molar-refractivity contribution in [1.29, 1.82) is 0 Å². The molecule has 2 aromatic heterocycles. The predicted octanol–water partition coefficient (Wildman–Crippen LogP) is 17.0. The Balaban J connectivity index is 0.000000368. The maximum Gasteiger partial charge on any atom is 0.416 e. The van der Waals surface area contributed by atoms with Gasteiger partial charge in [0.15, 0.2) is 0 Å². The Labute approximate surface area is 367 Å². The van der Waals surface area contributed by atoms with E-state index in [0.29, 0.717) is 29.0 Å². The zero-order chi connectivity index (χ0) is 46.1. The van der Waals surface area contributed by atoms with Crippen molar-refractivity contribution in [2.45, 2.75) is 125 Å². The van der Waals surface area contributed by atoms with E-state index in [9.17, 15) is 22.0 Å². The van der Waals surface area contributed by atoms with Crippen molar-refractivity contribution < 1.29 is 22.0 Å². The average Bonchev–Trinajstić information content (AvgIpc) is 3.22. The number of hydrogen-bond acceptors (Lipinski definition) is 3. The summed E-state index contributed by atoms with van der Waals surface area (Å²) in [5, 5.41) is 0.873. The summed E-state index contributed by atoms with van der Waals surface area (Å²) in [6.07, 6.45) is 0.907. The summed E-state index contributed by atoms with van der Waals surface area (Å²) in [4.78, 5) is 12.0. The lowest BCUT2D eigenvalue weighted by molar-refractivity contribution is -0.138. The smallest absolute Gasteiger partial charge is 0.258 e. The van der Waals surface area contributed by atoms with Gasteiger partial charge in [-0.2, -0.15) is 13.2 Å². The van der Waals surface area contributed by atoms with Crippen LogP contribution in [0.5, 0.6) is 0 Å². The molecule has 0 saturated carbocycles. The quantitative estimate of drug-likeness (QED) is 0.157. The minimum atomic E-state index is -4.24. The van der Waals surface area contributed by atoms with Crippen molar-refractivity contribution in [3.05, 3.63) is 196 Å². The zero-order valence-electron chi connectivity index (χ0n) is 37.9. The van der Waals surface area contributed by atoms with Gasteiger partial charge in [-0.05, 0) is 88.2 Å². The Bertz CT molecular complexity index is 1890. The highest BCUT2D eigenvalue weighted by Crippen LogP contribution is 2.34. The summed E-state index contributed by atoms with van der Waals surface area (Å²) >= 11 is 5.92. The molecule has 9 heteroatoms. The number of nitrogens with zero attached hydrogens (tertiary/aromatic N) is 3. The van der Waals surface area contributed by atoms with Gasteiger partial charge in [0.1, 0.15) is 17.5 Å². The molecule has 4 aromatic carbocycles. The standard InChI is InChI=1S/C10H11F3.C9H11Cl.C9H11F.C9H12.C8H10FN.C7H10N2/c1-7(2)8-5-3-4-6-9(8)10(11,12)13;2*1-7(2)8-5-3-4-6-9(8)10;1-8(2)9-6-4-3-5-7-9;1-6(2)8-7(9)4-3-5-10-8;1-6(2)7-8-4-3-5-9-7/h3-7H,1-2H3;2*3-7H,1-2H3;3-8H,1-2H3;3-6H,1-2H3;3-6H,1-2H3. The minimum Gasteiger partial charge on any atom is -0.258 e. The summed E-state index contributed by atoms with van der Waals surface area (Å²) in [7, 11) is 0. The van der Waals surface area contributed by atoms with Gasteiger partial charge >= 0.3 is 6.18 Å². The van der Waals surface area contributed by atoms with Crippen LogP contribution in [-0.2, 0) is 6.18 Å². The number of pyridine rings is 1. The molecule has 0 saturated heterocycles. The maximum absolute atomic E-state index is 12.8. The van der Waals surface area contributed by atoms with Gasteiger partial charge in [-0.25, -0.2) is 18.7 Å². The fourth-order valence-corrected chi connectivity index (χ4v) is 5.77. The Morgan fingerprint density at radius 1 is 0.410 bits per heavy atom. The number of hydrogen-bond donors (Lipinski definition) is 0. The molecule has 0 amide bonds. The first-order valence-corrected chi connectivity index (χ1v) is 21.1. The maximum atomic E-state index is 12.8. The molecule has 0 aliphatic heterocycles. The van der Waals surface area contributed by atoms with E-state index in [1.807, 2.05) is 70.2 Å². The molecule has 6 aromatic rings. The van der Waals surface area contributed by atoms with Crippen molar-refractivity contribution in [2.75, 3.05) is 0 Å². The van der Waals surface area contributed by atoms with Crippen LogP contribution in [0.15, 0.2) is 140 Å². The van der Waals surface area contributed by atoms with Crippen LogP contribution >= 0.6 is 11.6 Å². The fraction of sp³-hybridized carbons (Fsp3) is 0.365. The monoisotopic (exact) mass is 861 g/mol. The third-order valence-electron chi connectivity index (χ3n) is 8.84. The molecule has 330 valence electrons. The highest BCUT2D eigenvalue weighted by molar-refractivity contribution is 6.31. The summed E-state index contributed by atoms with van der Waals surface area (Å²) in [5.41, 5.74) is 3.81. The second-order valence-corrected chi connectivity index (χ2v) is 16.4. The SMILES string of the molecule is CC(C)c1ccccc1.CC(C)c1ccccc1C(F)(F)F.CC(C)c1ccccc1Cl.CC(C)c1ccccc1F.CC(C)c1ncccc1F.CC(C)c1ncccn1. The van der Waals surface area contributed by atoms with Crippen LogP contribution in [0, 0.1) is 11.6 Å². The number of benzene rings is 4. The Kier molecular flexibility index (Phi) is 25.3.